The van der Waals surface area contributed by atoms with Crippen LogP contribution in [0.1, 0.15) is 44.6 Å². The summed E-state index contributed by atoms with van der Waals surface area (Å²) in [6, 6.07) is 18.2. The molecule has 3 aromatic rings. The first kappa shape index (κ1) is 19.1. The summed E-state index contributed by atoms with van der Waals surface area (Å²) >= 11 is 0. The summed E-state index contributed by atoms with van der Waals surface area (Å²) in [7, 11) is 1.42. The van der Waals surface area contributed by atoms with Crippen LogP contribution in [0.15, 0.2) is 60.7 Å². The number of aromatic carboxylic acids is 1. The fourth-order valence-electron chi connectivity index (χ4n) is 5.07. The number of hydrogen-bond donors (Lipinski definition) is 2. The lowest BCUT2D eigenvalue weighted by atomic mass is 9.75. The Morgan fingerprint density at radius 1 is 1.13 bits per heavy atom. The van der Waals surface area contributed by atoms with Gasteiger partial charge >= 0.3 is 11.7 Å². The van der Waals surface area contributed by atoms with Gasteiger partial charge in [0.25, 0.3) is 0 Å². The van der Waals surface area contributed by atoms with E-state index in [-0.39, 0.29) is 34.9 Å². The molecule has 5 rings (SSSR count). The number of nitro groups is 1. The number of carbonyl (C=O) groups is 1. The molecule has 7 heteroatoms. The molecule has 156 valence electrons. The molecule has 2 aliphatic rings. The van der Waals surface area contributed by atoms with Crippen LogP contribution in [0, 0.1) is 16.0 Å². The maximum absolute atomic E-state index is 11.6. The summed E-state index contributed by atoms with van der Waals surface area (Å²) in [5.74, 6) is -0.624. The average Bonchev–Trinajstić information content (AvgIpc) is 3.17. The van der Waals surface area contributed by atoms with Crippen molar-refractivity contribution in [2.75, 3.05) is 12.4 Å². The molecule has 0 bridgehead atoms. The van der Waals surface area contributed by atoms with E-state index in [1.807, 2.05) is 18.2 Å². The van der Waals surface area contributed by atoms with E-state index >= 15 is 0 Å². The van der Waals surface area contributed by atoms with Gasteiger partial charge in [-0.25, -0.2) is 4.79 Å². The fraction of sp³-hybridized carbons (Fsp3) is 0.208. The molecule has 0 aromatic heterocycles. The summed E-state index contributed by atoms with van der Waals surface area (Å²) in [6.07, 6.45) is 0.801. The van der Waals surface area contributed by atoms with Crippen LogP contribution in [0.2, 0.25) is 0 Å². The zero-order valence-electron chi connectivity index (χ0n) is 16.7. The molecule has 0 saturated heterocycles. The smallest absolute Gasteiger partial charge is 0.335 e. The quantitative estimate of drug-likeness (QED) is 0.469. The van der Waals surface area contributed by atoms with Crippen molar-refractivity contribution in [1.82, 2.24) is 0 Å². The molecule has 0 unspecified atom stereocenters. The third kappa shape index (κ3) is 3.01. The number of ether oxygens (including phenoxy) is 1. The normalized spacial score (nSPS) is 20.7. The van der Waals surface area contributed by atoms with Crippen molar-refractivity contribution < 1.29 is 19.6 Å². The monoisotopic (exact) mass is 416 g/mol. The molecule has 3 atom stereocenters. The summed E-state index contributed by atoms with van der Waals surface area (Å²) in [4.78, 5) is 22.7. The first-order chi connectivity index (χ1) is 15.0. The van der Waals surface area contributed by atoms with Gasteiger partial charge in [0.2, 0.25) is 0 Å². The number of nitrogens with zero attached hydrogens (tertiary/aromatic N) is 1. The number of rotatable bonds is 4. The highest BCUT2D eigenvalue weighted by molar-refractivity contribution is 5.89. The molecule has 0 amide bonds. The fourth-order valence-corrected chi connectivity index (χ4v) is 5.07. The maximum Gasteiger partial charge on any atom is 0.335 e. The number of methoxy groups -OCH3 is 1. The maximum atomic E-state index is 11.6. The summed E-state index contributed by atoms with van der Waals surface area (Å²) < 4.78 is 5.16. The molecular formula is C24H20N2O5. The van der Waals surface area contributed by atoms with E-state index in [4.69, 9.17) is 4.74 Å². The first-order valence-corrected chi connectivity index (χ1v) is 10.0. The predicted molar refractivity (Wildman–Crippen MR) is 115 cm³/mol. The molecule has 0 spiro atoms. The van der Waals surface area contributed by atoms with Crippen molar-refractivity contribution in [1.29, 1.82) is 0 Å². The summed E-state index contributed by atoms with van der Waals surface area (Å²) in [6.45, 7) is 0. The largest absolute Gasteiger partial charge is 0.490 e. The topological polar surface area (TPSA) is 102 Å². The third-order valence-corrected chi connectivity index (χ3v) is 6.41. The average molecular weight is 416 g/mol. The highest BCUT2D eigenvalue weighted by Gasteiger charge is 2.43. The highest BCUT2D eigenvalue weighted by atomic mass is 16.6. The highest BCUT2D eigenvalue weighted by Crippen LogP contribution is 2.54. The van der Waals surface area contributed by atoms with Crippen molar-refractivity contribution in [3.05, 3.63) is 98.6 Å². The Hall–Kier alpha value is -3.87. The van der Waals surface area contributed by atoms with Crippen molar-refractivity contribution in [3.8, 4) is 5.75 Å². The van der Waals surface area contributed by atoms with Crippen molar-refractivity contribution >= 4 is 17.3 Å². The van der Waals surface area contributed by atoms with Gasteiger partial charge in [-0.1, -0.05) is 30.3 Å². The van der Waals surface area contributed by atoms with E-state index < -0.39 is 10.9 Å². The Labute approximate surface area is 178 Å². The lowest BCUT2D eigenvalue weighted by molar-refractivity contribution is -0.385. The van der Waals surface area contributed by atoms with Gasteiger partial charge in [-0.15, -0.1) is 0 Å². The molecule has 31 heavy (non-hydrogen) atoms. The number of carboxylic acids is 1. The molecule has 1 aliphatic heterocycles. The molecule has 0 radical (unpaired) electrons. The molecule has 7 nitrogen and oxygen atoms in total. The number of nitrogens with one attached hydrogen (secondary N) is 1. The van der Waals surface area contributed by atoms with Gasteiger partial charge in [0.05, 0.1) is 23.6 Å². The zero-order valence-corrected chi connectivity index (χ0v) is 16.7. The minimum atomic E-state index is -0.960. The molecule has 3 aromatic carbocycles. The SMILES string of the molecule is COc1ccc([C@@H]2Nc3ccc(C(=O)O)cc3[C@@H]3c4ccccc4C[C@H]32)cc1[N+](=O)[O-]. The van der Waals surface area contributed by atoms with E-state index in [0.29, 0.717) is 0 Å². The van der Waals surface area contributed by atoms with Gasteiger partial charge in [-0.3, -0.25) is 10.1 Å². The second-order valence-corrected chi connectivity index (χ2v) is 7.96. The number of nitro benzene ring substituents is 1. The van der Waals surface area contributed by atoms with E-state index in [1.54, 1.807) is 30.3 Å². The van der Waals surface area contributed by atoms with Crippen LogP contribution in [-0.4, -0.2) is 23.1 Å². The minimum absolute atomic E-state index is 0.0120. The summed E-state index contributed by atoms with van der Waals surface area (Å²) in [5.41, 5.74) is 5.21. The predicted octanol–water partition coefficient (Wildman–Crippen LogP) is 4.77. The van der Waals surface area contributed by atoms with Crippen LogP contribution in [0.5, 0.6) is 5.75 Å². The van der Waals surface area contributed by atoms with Crippen molar-refractivity contribution in [2.45, 2.75) is 18.4 Å². The number of hydrogen-bond acceptors (Lipinski definition) is 5. The number of anilines is 1. The molecule has 1 aliphatic carbocycles. The lowest BCUT2D eigenvalue weighted by Crippen LogP contribution is -2.30. The molecular weight excluding hydrogens is 396 g/mol. The van der Waals surface area contributed by atoms with Crippen LogP contribution < -0.4 is 10.1 Å². The molecule has 0 fully saturated rings. The van der Waals surface area contributed by atoms with Gasteiger partial charge in [0, 0.05) is 17.7 Å². The van der Waals surface area contributed by atoms with E-state index in [1.165, 1.54) is 18.2 Å². The number of carboxylic acid groups (broad SMARTS) is 1. The second kappa shape index (κ2) is 7.12. The van der Waals surface area contributed by atoms with Crippen molar-refractivity contribution in [3.63, 3.8) is 0 Å². The Morgan fingerprint density at radius 2 is 1.94 bits per heavy atom. The van der Waals surface area contributed by atoms with Crippen molar-refractivity contribution in [2.24, 2.45) is 5.92 Å². The van der Waals surface area contributed by atoms with Crippen LogP contribution in [0.4, 0.5) is 11.4 Å². The standard InChI is InChI=1S/C24H20N2O5/c1-31-21-9-7-14(12-20(21)26(29)30)23-18-10-13-4-2-3-5-16(13)22(18)17-11-15(24(27)28)6-8-19(17)25-23/h2-9,11-12,18,22-23,25H,10H2,1H3,(H,27,28)/t18-,22+,23+/m1/s1. The Bertz CT molecular complexity index is 1220. The Balaban J connectivity index is 1.66. The molecule has 0 saturated carbocycles. The summed E-state index contributed by atoms with van der Waals surface area (Å²) in [5, 5.41) is 24.6. The zero-order chi connectivity index (χ0) is 21.7. The van der Waals surface area contributed by atoms with Gasteiger partial charge < -0.3 is 15.2 Å². The molecule has 2 N–H and O–H groups in total. The van der Waals surface area contributed by atoms with Crippen LogP contribution in [0.25, 0.3) is 0 Å². The van der Waals surface area contributed by atoms with Crippen LogP contribution in [-0.2, 0) is 6.42 Å². The number of benzene rings is 3. The van der Waals surface area contributed by atoms with Gasteiger partial charge in [0.1, 0.15) is 0 Å². The van der Waals surface area contributed by atoms with E-state index in [2.05, 4.69) is 17.4 Å². The third-order valence-electron chi connectivity index (χ3n) is 6.41. The van der Waals surface area contributed by atoms with Crippen LogP contribution >= 0.6 is 0 Å². The Morgan fingerprint density at radius 3 is 2.68 bits per heavy atom. The lowest BCUT2D eigenvalue weighted by Gasteiger charge is -2.38. The van der Waals surface area contributed by atoms with E-state index in [0.717, 1.165) is 23.2 Å². The van der Waals surface area contributed by atoms with Crippen LogP contribution in [0.3, 0.4) is 0 Å². The second-order valence-electron chi connectivity index (χ2n) is 7.96. The van der Waals surface area contributed by atoms with Gasteiger partial charge in [0.15, 0.2) is 5.75 Å². The van der Waals surface area contributed by atoms with Gasteiger partial charge in [-0.2, -0.15) is 0 Å². The number of fused-ring (bicyclic) bond motifs is 5. The minimum Gasteiger partial charge on any atom is -0.490 e. The Kier molecular flexibility index (Phi) is 4.39. The van der Waals surface area contributed by atoms with E-state index in [9.17, 15) is 20.0 Å². The first-order valence-electron chi connectivity index (χ1n) is 10.0. The molecule has 1 heterocycles. The van der Waals surface area contributed by atoms with Gasteiger partial charge in [-0.05, 0) is 58.9 Å².